The Morgan fingerprint density at radius 3 is 3.06 bits per heavy atom. The maximum absolute atomic E-state index is 10.1. The molecule has 2 aromatic rings. The molecule has 0 spiro atoms. The van der Waals surface area contributed by atoms with E-state index in [2.05, 4.69) is 15.4 Å². The van der Waals surface area contributed by atoms with E-state index in [4.69, 9.17) is 0 Å². The molecule has 3 rings (SSSR count). The van der Waals surface area contributed by atoms with Gasteiger partial charge in [-0.3, -0.25) is 0 Å². The average Bonchev–Trinajstić information content (AvgIpc) is 2.69. The second kappa shape index (κ2) is 3.61. The van der Waals surface area contributed by atoms with Crippen molar-refractivity contribution in [2.45, 2.75) is 13.0 Å². The quantitative estimate of drug-likeness (QED) is 0.733. The molecule has 0 aliphatic carbocycles. The van der Waals surface area contributed by atoms with Crippen LogP contribution in [0.5, 0.6) is 5.88 Å². The monoisotopic (exact) mass is 216 g/mol. The third-order valence-corrected chi connectivity index (χ3v) is 2.75. The Balaban J connectivity index is 2.12. The lowest BCUT2D eigenvalue weighted by atomic mass is 10.1. The molecule has 82 valence electrons. The lowest BCUT2D eigenvalue weighted by Crippen LogP contribution is -2.22. The maximum atomic E-state index is 10.1. The van der Waals surface area contributed by atoms with Crippen molar-refractivity contribution in [2.24, 2.45) is 0 Å². The first-order valence-corrected chi connectivity index (χ1v) is 5.28. The first-order valence-electron chi connectivity index (χ1n) is 5.28. The van der Waals surface area contributed by atoms with Gasteiger partial charge in [-0.25, -0.2) is 4.98 Å². The number of hydrogen-bond donors (Lipinski definition) is 2. The molecule has 5 heteroatoms. The number of hydrogen-bond acceptors (Lipinski definition) is 4. The summed E-state index contributed by atoms with van der Waals surface area (Å²) in [7, 11) is 0. The van der Waals surface area contributed by atoms with Gasteiger partial charge in [-0.15, -0.1) is 0 Å². The predicted molar refractivity (Wildman–Crippen MR) is 58.4 cm³/mol. The first-order chi connectivity index (χ1) is 7.86. The fraction of sp³-hybridized carbons (Fsp3) is 0.273. The Morgan fingerprint density at radius 1 is 1.38 bits per heavy atom. The van der Waals surface area contributed by atoms with E-state index >= 15 is 0 Å². The Kier molecular flexibility index (Phi) is 2.11. The van der Waals surface area contributed by atoms with Crippen molar-refractivity contribution < 1.29 is 5.11 Å². The number of aromatic hydroxyl groups is 1. The molecule has 16 heavy (non-hydrogen) atoms. The third kappa shape index (κ3) is 1.37. The lowest BCUT2D eigenvalue weighted by molar-refractivity contribution is 0.425. The molecule has 0 bridgehead atoms. The molecule has 2 N–H and O–H groups in total. The molecule has 0 unspecified atom stereocenters. The number of rotatable bonds is 1. The standard InChI is InChI=1S/C11H12N4O/c16-11-8-4-6-12-7-9(8)14-15(11)10-3-1-2-5-13-10/h1-3,5,12,16H,4,6-7H2. The molecule has 0 saturated heterocycles. The number of aromatic nitrogens is 3. The zero-order chi connectivity index (χ0) is 11.0. The van der Waals surface area contributed by atoms with Gasteiger partial charge in [-0.1, -0.05) is 6.07 Å². The van der Waals surface area contributed by atoms with Gasteiger partial charge in [0.1, 0.15) is 0 Å². The summed E-state index contributed by atoms with van der Waals surface area (Å²) in [6.07, 6.45) is 2.50. The molecule has 1 aliphatic rings. The molecule has 2 aromatic heterocycles. The zero-order valence-electron chi connectivity index (χ0n) is 8.72. The van der Waals surface area contributed by atoms with Gasteiger partial charge in [0, 0.05) is 18.3 Å². The van der Waals surface area contributed by atoms with Crippen LogP contribution in [0.15, 0.2) is 24.4 Å². The van der Waals surface area contributed by atoms with Crippen LogP contribution in [0.25, 0.3) is 5.82 Å². The van der Waals surface area contributed by atoms with Gasteiger partial charge >= 0.3 is 0 Å². The summed E-state index contributed by atoms with van der Waals surface area (Å²) in [5, 5.41) is 17.6. The summed E-state index contributed by atoms with van der Waals surface area (Å²) in [6.45, 7) is 1.59. The molecule has 1 aliphatic heterocycles. The summed E-state index contributed by atoms with van der Waals surface area (Å²) in [5.41, 5.74) is 1.85. The normalized spacial score (nSPS) is 14.8. The van der Waals surface area contributed by atoms with Crippen LogP contribution in [-0.2, 0) is 13.0 Å². The summed E-state index contributed by atoms with van der Waals surface area (Å²) in [6, 6.07) is 5.54. The number of pyridine rings is 1. The Bertz CT molecular complexity index is 506. The second-order valence-electron chi connectivity index (χ2n) is 3.78. The molecular formula is C11H12N4O. The number of fused-ring (bicyclic) bond motifs is 1. The number of nitrogens with one attached hydrogen (secondary N) is 1. The zero-order valence-corrected chi connectivity index (χ0v) is 8.72. The SMILES string of the molecule is Oc1c2c(nn1-c1ccccn1)CNCC2. The molecule has 0 radical (unpaired) electrons. The van der Waals surface area contributed by atoms with Crippen LogP contribution in [-0.4, -0.2) is 26.4 Å². The van der Waals surface area contributed by atoms with Gasteiger partial charge in [-0.2, -0.15) is 9.78 Å². The van der Waals surface area contributed by atoms with E-state index in [-0.39, 0.29) is 5.88 Å². The van der Waals surface area contributed by atoms with Crippen molar-refractivity contribution in [1.82, 2.24) is 20.1 Å². The van der Waals surface area contributed by atoms with E-state index in [0.29, 0.717) is 12.4 Å². The van der Waals surface area contributed by atoms with Crippen molar-refractivity contribution >= 4 is 0 Å². The van der Waals surface area contributed by atoms with Crippen LogP contribution >= 0.6 is 0 Å². The summed E-state index contributed by atoms with van der Waals surface area (Å²) < 4.78 is 1.50. The highest BCUT2D eigenvalue weighted by molar-refractivity contribution is 5.38. The molecule has 5 nitrogen and oxygen atoms in total. The summed E-state index contributed by atoms with van der Waals surface area (Å²) >= 11 is 0. The Labute approximate surface area is 92.7 Å². The second-order valence-corrected chi connectivity index (χ2v) is 3.78. The van der Waals surface area contributed by atoms with Crippen LogP contribution in [0.3, 0.4) is 0 Å². The van der Waals surface area contributed by atoms with Gasteiger partial charge in [0.05, 0.1) is 5.69 Å². The average molecular weight is 216 g/mol. The van der Waals surface area contributed by atoms with E-state index in [0.717, 1.165) is 24.2 Å². The van der Waals surface area contributed by atoms with Crippen LogP contribution in [0.4, 0.5) is 0 Å². The van der Waals surface area contributed by atoms with Gasteiger partial charge in [-0.05, 0) is 25.1 Å². The van der Waals surface area contributed by atoms with Crippen LogP contribution in [0.1, 0.15) is 11.3 Å². The van der Waals surface area contributed by atoms with E-state index in [1.807, 2.05) is 18.2 Å². The largest absolute Gasteiger partial charge is 0.493 e. The van der Waals surface area contributed by atoms with Crippen molar-refractivity contribution in [1.29, 1.82) is 0 Å². The minimum Gasteiger partial charge on any atom is -0.493 e. The van der Waals surface area contributed by atoms with E-state index in [9.17, 15) is 5.11 Å². The van der Waals surface area contributed by atoms with Crippen molar-refractivity contribution in [2.75, 3.05) is 6.54 Å². The van der Waals surface area contributed by atoms with Crippen molar-refractivity contribution in [3.8, 4) is 11.7 Å². The fourth-order valence-electron chi connectivity index (χ4n) is 1.94. The Hall–Kier alpha value is -1.88. The van der Waals surface area contributed by atoms with E-state index in [1.54, 1.807) is 6.20 Å². The smallest absolute Gasteiger partial charge is 0.219 e. The highest BCUT2D eigenvalue weighted by Crippen LogP contribution is 2.25. The highest BCUT2D eigenvalue weighted by Gasteiger charge is 2.20. The molecule has 3 heterocycles. The molecule has 0 amide bonds. The Morgan fingerprint density at radius 2 is 2.31 bits per heavy atom. The lowest BCUT2D eigenvalue weighted by Gasteiger charge is -2.09. The molecule has 0 fully saturated rings. The van der Waals surface area contributed by atoms with Gasteiger partial charge in [0.15, 0.2) is 5.82 Å². The topological polar surface area (TPSA) is 63.0 Å². The van der Waals surface area contributed by atoms with Gasteiger partial charge in [0.25, 0.3) is 0 Å². The first kappa shape index (κ1) is 9.35. The van der Waals surface area contributed by atoms with Crippen molar-refractivity contribution in [3.63, 3.8) is 0 Å². The van der Waals surface area contributed by atoms with E-state index < -0.39 is 0 Å². The molecular weight excluding hydrogens is 204 g/mol. The summed E-state index contributed by atoms with van der Waals surface area (Å²) in [4.78, 5) is 4.17. The highest BCUT2D eigenvalue weighted by atomic mass is 16.3. The minimum absolute atomic E-state index is 0.218. The predicted octanol–water partition coefficient (Wildman–Crippen LogP) is 0.619. The van der Waals surface area contributed by atoms with Gasteiger partial charge < -0.3 is 10.4 Å². The van der Waals surface area contributed by atoms with Crippen molar-refractivity contribution in [3.05, 3.63) is 35.7 Å². The molecule has 0 aromatic carbocycles. The van der Waals surface area contributed by atoms with Crippen LogP contribution in [0.2, 0.25) is 0 Å². The van der Waals surface area contributed by atoms with Crippen LogP contribution < -0.4 is 5.32 Å². The minimum atomic E-state index is 0.218. The van der Waals surface area contributed by atoms with E-state index in [1.165, 1.54) is 4.68 Å². The third-order valence-electron chi connectivity index (χ3n) is 2.75. The maximum Gasteiger partial charge on any atom is 0.219 e. The number of nitrogens with zero attached hydrogens (tertiary/aromatic N) is 3. The van der Waals surface area contributed by atoms with Crippen LogP contribution in [0, 0.1) is 0 Å². The van der Waals surface area contributed by atoms with Gasteiger partial charge in [0.2, 0.25) is 5.88 Å². The fourth-order valence-corrected chi connectivity index (χ4v) is 1.94. The molecule has 0 saturated carbocycles. The summed E-state index contributed by atoms with van der Waals surface area (Å²) in [5.74, 6) is 0.865. The molecule has 0 atom stereocenters.